The molecule has 20 heteroatoms. The van der Waals surface area contributed by atoms with Crippen LogP contribution in [-0.4, -0.2) is 72.9 Å². The number of halogens is 8. The van der Waals surface area contributed by atoms with E-state index in [0.29, 0.717) is 49.2 Å². The second-order valence-electron chi connectivity index (χ2n) is 10.5. The van der Waals surface area contributed by atoms with Gasteiger partial charge in [-0.3, -0.25) is 4.90 Å². The van der Waals surface area contributed by atoms with Crippen LogP contribution in [0.2, 0.25) is 5.02 Å². The van der Waals surface area contributed by atoms with Crippen LogP contribution in [0.4, 0.5) is 47.3 Å². The second kappa shape index (κ2) is 14.5. The van der Waals surface area contributed by atoms with E-state index in [-0.39, 0.29) is 28.5 Å². The lowest BCUT2D eigenvalue weighted by Crippen LogP contribution is -2.50. The number of rotatable bonds is 10. The predicted octanol–water partition coefficient (Wildman–Crippen LogP) is 6.47. The van der Waals surface area contributed by atoms with Crippen molar-refractivity contribution < 1.29 is 40.3 Å². The molecule has 12 nitrogen and oxygen atoms in total. The van der Waals surface area contributed by atoms with E-state index in [4.69, 9.17) is 16.3 Å². The standard InChI is InChI=1S/C28H26ClF7N10O2/c1-48-26-39-9-15(10-40-26)14-2-7-21(37-8-14)46(27(47)41-12-20(30)31)17-5-3-16(4-6-17)42-25-38-11-18(28(34,35)36)22(43-25)23-19(29)13-45(44-23)24(32)33/h2,7-11,13,16-17,20,24H,3-6,12H2,1H3,(H,41,47)(H,38,42,43). The first-order chi connectivity index (χ1) is 22.8. The Hall–Kier alpha value is -4.81. The van der Waals surface area contributed by atoms with Crippen LogP contribution in [0.5, 0.6) is 6.01 Å². The molecule has 0 aliphatic heterocycles. The maximum Gasteiger partial charge on any atom is 0.420 e. The minimum Gasteiger partial charge on any atom is -0.467 e. The fourth-order valence-corrected chi connectivity index (χ4v) is 5.33. The summed E-state index contributed by atoms with van der Waals surface area (Å²) in [4.78, 5) is 34.6. The normalized spacial score (nSPS) is 16.6. The first kappa shape index (κ1) is 34.5. The van der Waals surface area contributed by atoms with Gasteiger partial charge in [0.15, 0.2) is 0 Å². The van der Waals surface area contributed by atoms with E-state index in [9.17, 15) is 35.5 Å². The summed E-state index contributed by atoms with van der Waals surface area (Å²) < 4.78 is 98.5. The molecule has 0 spiro atoms. The number of methoxy groups -OCH3 is 1. The highest BCUT2D eigenvalue weighted by atomic mass is 35.5. The van der Waals surface area contributed by atoms with Crippen LogP contribution in [-0.2, 0) is 6.18 Å². The number of nitrogens with zero attached hydrogens (tertiary/aromatic N) is 8. The Balaban J connectivity index is 1.32. The van der Waals surface area contributed by atoms with E-state index >= 15 is 0 Å². The summed E-state index contributed by atoms with van der Waals surface area (Å²) >= 11 is 5.94. The average Bonchev–Trinajstić information content (AvgIpc) is 3.46. The van der Waals surface area contributed by atoms with Crippen molar-refractivity contribution in [3.63, 3.8) is 0 Å². The summed E-state index contributed by atoms with van der Waals surface area (Å²) in [5.74, 6) is -0.0254. The van der Waals surface area contributed by atoms with E-state index in [0.717, 1.165) is 0 Å². The van der Waals surface area contributed by atoms with Crippen molar-refractivity contribution in [3.05, 3.63) is 53.7 Å². The third-order valence-corrected chi connectivity index (χ3v) is 7.64. The smallest absolute Gasteiger partial charge is 0.420 e. The molecule has 0 radical (unpaired) electrons. The monoisotopic (exact) mass is 702 g/mol. The highest BCUT2D eigenvalue weighted by Gasteiger charge is 2.38. The van der Waals surface area contributed by atoms with Gasteiger partial charge in [0.25, 0.3) is 6.43 Å². The molecule has 0 saturated heterocycles. The van der Waals surface area contributed by atoms with Gasteiger partial charge in [-0.25, -0.2) is 43.2 Å². The quantitative estimate of drug-likeness (QED) is 0.178. The summed E-state index contributed by atoms with van der Waals surface area (Å²) in [6.45, 7) is -4.02. The molecule has 4 aromatic heterocycles. The number of hydrogen-bond donors (Lipinski definition) is 2. The number of carbonyl (C=O) groups is 1. The van der Waals surface area contributed by atoms with Crippen molar-refractivity contribution in [1.82, 2.24) is 40.0 Å². The lowest BCUT2D eigenvalue weighted by Gasteiger charge is -2.36. The number of hydrogen-bond acceptors (Lipinski definition) is 9. The number of pyridine rings is 1. The van der Waals surface area contributed by atoms with E-state index in [2.05, 4.69) is 40.7 Å². The molecular formula is C28H26ClF7N10O2. The first-order valence-electron chi connectivity index (χ1n) is 14.3. The maximum atomic E-state index is 13.8. The van der Waals surface area contributed by atoms with Crippen molar-refractivity contribution in [2.24, 2.45) is 0 Å². The number of carbonyl (C=O) groups excluding carboxylic acids is 1. The highest BCUT2D eigenvalue weighted by molar-refractivity contribution is 6.33. The Bertz CT molecular complexity index is 1700. The topological polar surface area (TPSA) is 136 Å². The largest absolute Gasteiger partial charge is 0.467 e. The van der Waals surface area contributed by atoms with Crippen LogP contribution in [0, 0.1) is 0 Å². The minimum atomic E-state index is -4.94. The zero-order valence-corrected chi connectivity index (χ0v) is 25.6. The summed E-state index contributed by atoms with van der Waals surface area (Å²) in [5.41, 5.74) is -1.45. The van der Waals surface area contributed by atoms with E-state index in [1.807, 2.05) is 0 Å². The van der Waals surface area contributed by atoms with Crippen molar-refractivity contribution in [2.45, 2.75) is 56.9 Å². The summed E-state index contributed by atoms with van der Waals surface area (Å²) in [5, 5.41) is 8.18. The second-order valence-corrected chi connectivity index (χ2v) is 10.9. The minimum absolute atomic E-state index is 0.118. The van der Waals surface area contributed by atoms with Gasteiger partial charge in [0.2, 0.25) is 5.95 Å². The molecule has 4 aromatic rings. The fourth-order valence-electron chi connectivity index (χ4n) is 5.11. The zero-order valence-electron chi connectivity index (χ0n) is 24.8. The maximum absolute atomic E-state index is 13.8. The Morgan fingerprint density at radius 2 is 1.69 bits per heavy atom. The molecule has 1 aliphatic carbocycles. The lowest BCUT2D eigenvalue weighted by atomic mass is 9.90. The van der Waals surface area contributed by atoms with Gasteiger partial charge in [0.1, 0.15) is 22.8 Å². The van der Waals surface area contributed by atoms with E-state index in [1.165, 1.54) is 30.6 Å². The van der Waals surface area contributed by atoms with Gasteiger partial charge in [-0.05, 0) is 37.8 Å². The number of ether oxygens (including phenoxy) is 1. The van der Waals surface area contributed by atoms with Gasteiger partial charge in [-0.15, -0.1) is 0 Å². The predicted molar refractivity (Wildman–Crippen MR) is 158 cm³/mol. The number of nitrogens with one attached hydrogen (secondary N) is 2. The van der Waals surface area contributed by atoms with Crippen LogP contribution in [0.15, 0.2) is 43.1 Å². The molecule has 1 saturated carbocycles. The van der Waals surface area contributed by atoms with E-state index < -0.39 is 59.7 Å². The molecule has 0 unspecified atom stereocenters. The van der Waals surface area contributed by atoms with Gasteiger partial charge in [-0.1, -0.05) is 11.6 Å². The Morgan fingerprint density at radius 3 is 2.25 bits per heavy atom. The van der Waals surface area contributed by atoms with Crippen molar-refractivity contribution in [1.29, 1.82) is 0 Å². The number of amides is 2. The SMILES string of the molecule is COc1ncc(-c2ccc(N(C(=O)NCC(F)F)C3CCC(Nc4ncc(C(F)(F)F)c(-c5nn(C(F)F)cc5Cl)n4)CC3)nc2)cn1. The molecule has 0 aromatic carbocycles. The van der Waals surface area contributed by atoms with Crippen LogP contribution in [0.1, 0.15) is 37.8 Å². The van der Waals surface area contributed by atoms with Gasteiger partial charge in [0.05, 0.1) is 24.9 Å². The van der Waals surface area contributed by atoms with Gasteiger partial charge < -0.3 is 15.4 Å². The summed E-state index contributed by atoms with van der Waals surface area (Å²) in [7, 11) is 1.43. The van der Waals surface area contributed by atoms with Crippen molar-refractivity contribution in [3.8, 4) is 28.5 Å². The Labute approximate surface area is 272 Å². The van der Waals surface area contributed by atoms with Crippen molar-refractivity contribution in [2.75, 3.05) is 23.9 Å². The number of anilines is 2. The molecule has 0 bridgehead atoms. The number of alkyl halides is 7. The van der Waals surface area contributed by atoms with Crippen LogP contribution >= 0.6 is 11.6 Å². The van der Waals surface area contributed by atoms with Crippen LogP contribution in [0.3, 0.4) is 0 Å². The third-order valence-electron chi connectivity index (χ3n) is 7.37. The highest BCUT2D eigenvalue weighted by Crippen LogP contribution is 2.39. The molecule has 2 amide bonds. The fraction of sp³-hybridized carbons (Fsp3) is 0.393. The van der Waals surface area contributed by atoms with Crippen molar-refractivity contribution >= 4 is 29.4 Å². The summed E-state index contributed by atoms with van der Waals surface area (Å²) in [6.07, 6.45) is -0.570. The van der Waals surface area contributed by atoms with E-state index in [1.54, 1.807) is 12.1 Å². The Morgan fingerprint density at radius 1 is 1.00 bits per heavy atom. The Kier molecular flexibility index (Phi) is 10.4. The molecular weight excluding hydrogens is 677 g/mol. The van der Waals surface area contributed by atoms with Gasteiger partial charge in [0, 0.05) is 48.0 Å². The molecule has 2 N–H and O–H groups in total. The van der Waals surface area contributed by atoms with Gasteiger partial charge in [-0.2, -0.15) is 27.1 Å². The molecule has 1 fully saturated rings. The molecule has 0 atom stereocenters. The van der Waals surface area contributed by atoms with Crippen LogP contribution in [0.25, 0.3) is 22.5 Å². The summed E-state index contributed by atoms with van der Waals surface area (Å²) in [6, 6.07) is 1.76. The van der Waals surface area contributed by atoms with Gasteiger partial charge >= 0.3 is 24.8 Å². The number of urea groups is 1. The molecule has 48 heavy (non-hydrogen) atoms. The average molecular weight is 703 g/mol. The third kappa shape index (κ3) is 8.00. The first-order valence-corrected chi connectivity index (χ1v) is 14.6. The molecule has 1 aliphatic rings. The molecule has 5 rings (SSSR count). The molecule has 4 heterocycles. The van der Waals surface area contributed by atoms with Crippen LogP contribution < -0.4 is 20.3 Å². The molecule has 256 valence electrons. The lowest BCUT2D eigenvalue weighted by molar-refractivity contribution is -0.137. The number of aromatic nitrogens is 7. The zero-order chi connectivity index (χ0) is 34.6.